The molecule has 0 aliphatic carbocycles. The summed E-state index contributed by atoms with van der Waals surface area (Å²) in [6, 6.07) is 8.70. The van der Waals surface area contributed by atoms with Crippen LogP contribution in [0.15, 0.2) is 24.3 Å². The van der Waals surface area contributed by atoms with E-state index in [0.29, 0.717) is 6.54 Å². The Labute approximate surface area is 89.7 Å². The maximum absolute atomic E-state index is 12.7. The van der Waals surface area contributed by atoms with E-state index in [1.807, 2.05) is 13.8 Å². The van der Waals surface area contributed by atoms with Crippen LogP contribution in [0.3, 0.4) is 0 Å². The number of halogens is 1. The first kappa shape index (κ1) is 11.7. The lowest BCUT2D eigenvalue weighted by molar-refractivity contribution is 0.526. The zero-order valence-electron chi connectivity index (χ0n) is 9.00. The number of rotatable bonds is 4. The molecule has 0 saturated heterocycles. The van der Waals surface area contributed by atoms with Gasteiger partial charge in [-0.25, -0.2) is 4.39 Å². The smallest absolute Gasteiger partial charge is 0.123 e. The van der Waals surface area contributed by atoms with Gasteiger partial charge in [-0.2, -0.15) is 5.26 Å². The van der Waals surface area contributed by atoms with Gasteiger partial charge in [0.05, 0.1) is 12.0 Å². The molecule has 0 radical (unpaired) electrons. The normalized spacial score (nSPS) is 14.3. The standard InChI is InChI=1S/C12H15FN2/c1-9(7-14)8-15-10(2)11-3-5-12(13)6-4-11/h3-6,9-10,15H,8H2,1-2H3. The summed E-state index contributed by atoms with van der Waals surface area (Å²) in [5.74, 6) is -0.232. The van der Waals surface area contributed by atoms with Crippen molar-refractivity contribution in [2.24, 2.45) is 5.92 Å². The highest BCUT2D eigenvalue weighted by atomic mass is 19.1. The van der Waals surface area contributed by atoms with Gasteiger partial charge in [0.1, 0.15) is 5.82 Å². The van der Waals surface area contributed by atoms with Crippen molar-refractivity contribution in [1.29, 1.82) is 5.26 Å². The molecule has 2 unspecified atom stereocenters. The van der Waals surface area contributed by atoms with Crippen LogP contribution >= 0.6 is 0 Å². The van der Waals surface area contributed by atoms with Crippen LogP contribution in [0.1, 0.15) is 25.5 Å². The zero-order valence-corrected chi connectivity index (χ0v) is 9.00. The topological polar surface area (TPSA) is 35.8 Å². The van der Waals surface area contributed by atoms with Crippen LogP contribution < -0.4 is 5.32 Å². The molecule has 2 atom stereocenters. The van der Waals surface area contributed by atoms with E-state index in [1.54, 1.807) is 12.1 Å². The molecule has 0 aromatic heterocycles. The fourth-order valence-electron chi connectivity index (χ4n) is 1.27. The molecular weight excluding hydrogens is 191 g/mol. The minimum atomic E-state index is -0.226. The Morgan fingerprint density at radius 2 is 1.93 bits per heavy atom. The minimum absolute atomic E-state index is 0.00658. The molecule has 80 valence electrons. The molecule has 0 amide bonds. The van der Waals surface area contributed by atoms with E-state index in [0.717, 1.165) is 5.56 Å². The minimum Gasteiger partial charge on any atom is -0.309 e. The second kappa shape index (κ2) is 5.47. The van der Waals surface area contributed by atoms with E-state index >= 15 is 0 Å². The lowest BCUT2D eigenvalue weighted by Crippen LogP contribution is -2.23. The summed E-state index contributed by atoms with van der Waals surface area (Å²) in [5, 5.41) is 11.8. The summed E-state index contributed by atoms with van der Waals surface area (Å²) in [5.41, 5.74) is 1.03. The molecule has 0 spiro atoms. The lowest BCUT2D eigenvalue weighted by atomic mass is 10.1. The Bertz CT molecular complexity index is 340. The van der Waals surface area contributed by atoms with Crippen molar-refractivity contribution in [2.75, 3.05) is 6.54 Å². The SMILES string of the molecule is CC(C#N)CNC(C)c1ccc(F)cc1. The molecule has 0 saturated carbocycles. The van der Waals surface area contributed by atoms with Crippen LogP contribution in [0.25, 0.3) is 0 Å². The first-order valence-electron chi connectivity index (χ1n) is 5.02. The van der Waals surface area contributed by atoms with Gasteiger partial charge in [-0.3, -0.25) is 0 Å². The van der Waals surface area contributed by atoms with E-state index < -0.39 is 0 Å². The number of nitrogens with one attached hydrogen (secondary N) is 1. The summed E-state index contributed by atoms with van der Waals surface area (Å²) in [4.78, 5) is 0. The first-order chi connectivity index (χ1) is 7.13. The summed E-state index contributed by atoms with van der Waals surface area (Å²) in [7, 11) is 0. The van der Waals surface area contributed by atoms with Gasteiger partial charge in [0.15, 0.2) is 0 Å². The third-order valence-corrected chi connectivity index (χ3v) is 2.32. The molecule has 1 aromatic rings. The fourth-order valence-corrected chi connectivity index (χ4v) is 1.27. The predicted octanol–water partition coefficient (Wildman–Crippen LogP) is 2.64. The van der Waals surface area contributed by atoms with Crippen LogP contribution in [0, 0.1) is 23.1 Å². The maximum atomic E-state index is 12.7. The number of nitrogens with zero attached hydrogens (tertiary/aromatic N) is 1. The van der Waals surface area contributed by atoms with E-state index in [9.17, 15) is 4.39 Å². The van der Waals surface area contributed by atoms with Crippen molar-refractivity contribution >= 4 is 0 Å². The van der Waals surface area contributed by atoms with E-state index in [-0.39, 0.29) is 17.8 Å². The molecule has 1 N–H and O–H groups in total. The molecule has 0 bridgehead atoms. The average molecular weight is 206 g/mol. The third kappa shape index (κ3) is 3.69. The van der Waals surface area contributed by atoms with Gasteiger partial charge >= 0.3 is 0 Å². The van der Waals surface area contributed by atoms with Crippen LogP contribution in [-0.4, -0.2) is 6.54 Å². The molecule has 1 rings (SSSR count). The molecule has 0 aliphatic heterocycles. The van der Waals surface area contributed by atoms with Crippen molar-refractivity contribution in [3.05, 3.63) is 35.6 Å². The lowest BCUT2D eigenvalue weighted by Gasteiger charge is -2.14. The highest BCUT2D eigenvalue weighted by molar-refractivity contribution is 5.19. The highest BCUT2D eigenvalue weighted by Gasteiger charge is 2.06. The van der Waals surface area contributed by atoms with Crippen molar-refractivity contribution in [2.45, 2.75) is 19.9 Å². The number of hydrogen-bond donors (Lipinski definition) is 1. The number of benzene rings is 1. The summed E-state index contributed by atoms with van der Waals surface area (Å²) < 4.78 is 12.7. The van der Waals surface area contributed by atoms with Gasteiger partial charge in [0.25, 0.3) is 0 Å². The van der Waals surface area contributed by atoms with Gasteiger partial charge < -0.3 is 5.32 Å². The summed E-state index contributed by atoms with van der Waals surface area (Å²) >= 11 is 0. The van der Waals surface area contributed by atoms with Crippen molar-refractivity contribution in [3.8, 4) is 6.07 Å². The molecule has 1 aromatic carbocycles. The predicted molar refractivity (Wildman–Crippen MR) is 57.6 cm³/mol. The molecule has 0 fully saturated rings. The molecule has 15 heavy (non-hydrogen) atoms. The largest absolute Gasteiger partial charge is 0.309 e. The average Bonchev–Trinajstić information content (AvgIpc) is 2.26. The maximum Gasteiger partial charge on any atom is 0.123 e. The van der Waals surface area contributed by atoms with E-state index in [2.05, 4.69) is 11.4 Å². The molecule has 3 heteroatoms. The quantitative estimate of drug-likeness (QED) is 0.822. The van der Waals surface area contributed by atoms with Gasteiger partial charge in [-0.05, 0) is 31.5 Å². The van der Waals surface area contributed by atoms with Crippen LogP contribution in [-0.2, 0) is 0 Å². The van der Waals surface area contributed by atoms with E-state index in [4.69, 9.17) is 5.26 Å². The fraction of sp³-hybridized carbons (Fsp3) is 0.417. The Balaban J connectivity index is 2.51. The second-order valence-electron chi connectivity index (χ2n) is 3.71. The number of nitriles is 1. The second-order valence-corrected chi connectivity index (χ2v) is 3.71. The summed E-state index contributed by atoms with van der Waals surface area (Å²) in [6.45, 7) is 4.51. The highest BCUT2D eigenvalue weighted by Crippen LogP contribution is 2.12. The molecule has 0 heterocycles. The number of hydrogen-bond acceptors (Lipinski definition) is 2. The molecule has 2 nitrogen and oxygen atoms in total. The van der Waals surface area contributed by atoms with Gasteiger partial charge in [0.2, 0.25) is 0 Å². The van der Waals surface area contributed by atoms with Gasteiger partial charge in [-0.15, -0.1) is 0 Å². The van der Waals surface area contributed by atoms with Crippen LogP contribution in [0.4, 0.5) is 4.39 Å². The molecule has 0 aliphatic rings. The van der Waals surface area contributed by atoms with Crippen LogP contribution in [0.5, 0.6) is 0 Å². The van der Waals surface area contributed by atoms with Crippen LogP contribution in [0.2, 0.25) is 0 Å². The first-order valence-corrected chi connectivity index (χ1v) is 5.02. The van der Waals surface area contributed by atoms with Gasteiger partial charge in [0, 0.05) is 12.6 Å². The third-order valence-electron chi connectivity index (χ3n) is 2.32. The Kier molecular flexibility index (Phi) is 4.26. The molecular formula is C12H15FN2. The zero-order chi connectivity index (χ0) is 11.3. The van der Waals surface area contributed by atoms with Crippen molar-refractivity contribution in [3.63, 3.8) is 0 Å². The Hall–Kier alpha value is -1.40. The van der Waals surface area contributed by atoms with E-state index in [1.165, 1.54) is 12.1 Å². The Morgan fingerprint density at radius 1 is 1.33 bits per heavy atom. The van der Waals surface area contributed by atoms with Gasteiger partial charge in [-0.1, -0.05) is 12.1 Å². The van der Waals surface area contributed by atoms with Crippen molar-refractivity contribution < 1.29 is 4.39 Å². The Morgan fingerprint density at radius 3 is 2.47 bits per heavy atom. The monoisotopic (exact) mass is 206 g/mol. The summed E-state index contributed by atoms with van der Waals surface area (Å²) in [6.07, 6.45) is 0. The van der Waals surface area contributed by atoms with Crippen molar-refractivity contribution in [1.82, 2.24) is 5.32 Å².